The van der Waals surface area contributed by atoms with Crippen LogP contribution in [0.4, 0.5) is 0 Å². The quantitative estimate of drug-likeness (QED) is 0.220. The van der Waals surface area contributed by atoms with Crippen molar-refractivity contribution in [2.75, 3.05) is 0 Å². The Morgan fingerprint density at radius 3 is 1.74 bits per heavy atom. The second-order valence-corrected chi connectivity index (χ2v) is 10.9. The highest BCUT2D eigenvalue weighted by Gasteiger charge is 2.18. The van der Waals surface area contributed by atoms with E-state index < -0.39 is 0 Å². The fourth-order valence-corrected chi connectivity index (χ4v) is 6.51. The summed E-state index contributed by atoms with van der Waals surface area (Å²) >= 11 is 0. The fourth-order valence-electron chi connectivity index (χ4n) is 6.51. The summed E-state index contributed by atoms with van der Waals surface area (Å²) in [7, 11) is 0. The van der Waals surface area contributed by atoms with Crippen molar-refractivity contribution in [3.05, 3.63) is 156 Å². The first-order chi connectivity index (χ1) is 21.3. The first-order valence-electron chi connectivity index (χ1n) is 14.4. The molecule has 0 fully saturated rings. The Balaban J connectivity index is 1.32. The molecule has 3 heterocycles. The molecular weight excluding hydrogens is 528 g/mol. The van der Waals surface area contributed by atoms with Gasteiger partial charge in [0.25, 0.3) is 5.56 Å². The Hall–Kier alpha value is -5.94. The molecule has 0 aliphatic rings. The number of rotatable bonds is 3. The summed E-state index contributed by atoms with van der Waals surface area (Å²) in [5.41, 5.74) is 8.85. The molecule has 0 atom stereocenters. The Labute approximate surface area is 246 Å². The lowest BCUT2D eigenvalue weighted by Crippen LogP contribution is -2.21. The lowest BCUT2D eigenvalue weighted by atomic mass is 10.0. The van der Waals surface area contributed by atoms with Gasteiger partial charge >= 0.3 is 0 Å². The minimum absolute atomic E-state index is 0.0902. The molecule has 0 amide bonds. The molecule has 43 heavy (non-hydrogen) atoms. The third-order valence-corrected chi connectivity index (χ3v) is 8.45. The van der Waals surface area contributed by atoms with Crippen molar-refractivity contribution in [3.8, 4) is 22.5 Å². The van der Waals surface area contributed by atoms with E-state index in [0.717, 1.165) is 44.6 Å². The number of fused-ring (bicyclic) bond motifs is 8. The maximum Gasteiger partial charge on any atom is 0.267 e. The second-order valence-electron chi connectivity index (χ2n) is 10.9. The van der Waals surface area contributed by atoms with Gasteiger partial charge in [-0.25, -0.2) is 9.55 Å². The lowest BCUT2D eigenvalue weighted by molar-refractivity contribution is 0.983. The van der Waals surface area contributed by atoms with Gasteiger partial charge in [-0.15, -0.1) is 0 Å². The van der Waals surface area contributed by atoms with Crippen LogP contribution in [0.2, 0.25) is 0 Å². The molecule has 0 saturated carbocycles. The Morgan fingerprint density at radius 1 is 0.442 bits per heavy atom. The number of imidazole rings is 1. The lowest BCUT2D eigenvalue weighted by Gasteiger charge is -2.13. The SMILES string of the molecule is O=c1c2cc(-c3ccc4c(c3)c3ccccc3n4-c3ccccc3)ccc2n2c3ccccc3nc2n1-c1ccccc1. The summed E-state index contributed by atoms with van der Waals surface area (Å²) in [6, 6.07) is 49.6. The first-order valence-corrected chi connectivity index (χ1v) is 14.4. The Bertz CT molecular complexity index is 2570. The van der Waals surface area contributed by atoms with E-state index in [0.29, 0.717) is 11.2 Å². The van der Waals surface area contributed by atoms with Gasteiger partial charge in [0.15, 0.2) is 0 Å². The van der Waals surface area contributed by atoms with Gasteiger partial charge in [0, 0.05) is 16.5 Å². The first kappa shape index (κ1) is 23.7. The highest BCUT2D eigenvalue weighted by Crippen LogP contribution is 2.35. The summed E-state index contributed by atoms with van der Waals surface area (Å²) in [5, 5.41) is 3.01. The molecule has 9 rings (SSSR count). The van der Waals surface area contributed by atoms with Gasteiger partial charge in [0.05, 0.1) is 38.7 Å². The van der Waals surface area contributed by atoms with E-state index in [1.54, 1.807) is 4.57 Å². The fraction of sp³-hybridized carbons (Fsp3) is 0. The summed E-state index contributed by atoms with van der Waals surface area (Å²) in [6.07, 6.45) is 0. The van der Waals surface area contributed by atoms with Gasteiger partial charge in [-0.2, -0.15) is 0 Å². The Morgan fingerprint density at radius 2 is 1.00 bits per heavy atom. The summed E-state index contributed by atoms with van der Waals surface area (Å²) < 4.78 is 6.14. The van der Waals surface area contributed by atoms with Gasteiger partial charge in [0.2, 0.25) is 5.78 Å². The van der Waals surface area contributed by atoms with E-state index in [2.05, 4.69) is 93.9 Å². The van der Waals surface area contributed by atoms with Crippen molar-refractivity contribution in [1.82, 2.24) is 18.5 Å². The predicted molar refractivity (Wildman–Crippen MR) is 176 cm³/mol. The third kappa shape index (κ3) is 3.45. The molecule has 0 aliphatic heterocycles. The monoisotopic (exact) mass is 552 g/mol. The second kappa shape index (κ2) is 9.03. The topological polar surface area (TPSA) is 44.2 Å². The molecule has 3 aromatic heterocycles. The van der Waals surface area contributed by atoms with Crippen LogP contribution in [0.5, 0.6) is 0 Å². The maximum atomic E-state index is 14.3. The van der Waals surface area contributed by atoms with E-state index in [1.807, 2.05) is 60.7 Å². The van der Waals surface area contributed by atoms with Crippen molar-refractivity contribution < 1.29 is 0 Å². The van der Waals surface area contributed by atoms with E-state index in [9.17, 15) is 4.79 Å². The van der Waals surface area contributed by atoms with Crippen LogP contribution in [0.25, 0.3) is 72.0 Å². The van der Waals surface area contributed by atoms with Crippen LogP contribution in [-0.4, -0.2) is 18.5 Å². The highest BCUT2D eigenvalue weighted by molar-refractivity contribution is 6.10. The summed E-state index contributed by atoms with van der Waals surface area (Å²) in [6.45, 7) is 0. The smallest absolute Gasteiger partial charge is 0.267 e. The van der Waals surface area contributed by atoms with Crippen molar-refractivity contribution in [2.45, 2.75) is 0 Å². The molecule has 5 heteroatoms. The zero-order valence-corrected chi connectivity index (χ0v) is 23.1. The van der Waals surface area contributed by atoms with Gasteiger partial charge in [-0.3, -0.25) is 9.20 Å². The van der Waals surface area contributed by atoms with Gasteiger partial charge < -0.3 is 4.57 Å². The molecule has 9 aromatic rings. The number of hydrogen-bond donors (Lipinski definition) is 0. The molecule has 5 nitrogen and oxygen atoms in total. The highest BCUT2D eigenvalue weighted by atomic mass is 16.1. The minimum Gasteiger partial charge on any atom is -0.309 e. The number of hydrogen-bond acceptors (Lipinski definition) is 2. The van der Waals surface area contributed by atoms with Crippen molar-refractivity contribution >= 4 is 49.5 Å². The standard InChI is InChI=1S/C38H24N4O/c43-37-31-24-26(25-19-21-34-30(23-25)29-15-7-9-17-33(29)40(34)27-11-3-1-4-12-27)20-22-35(31)42-36-18-10-8-16-32(36)39-38(42)41(37)28-13-5-2-6-14-28/h1-24H. The summed E-state index contributed by atoms with van der Waals surface area (Å²) in [4.78, 5) is 19.2. The van der Waals surface area contributed by atoms with Crippen molar-refractivity contribution in [3.63, 3.8) is 0 Å². The number of para-hydroxylation sites is 5. The van der Waals surface area contributed by atoms with E-state index in [1.165, 1.54) is 16.3 Å². The van der Waals surface area contributed by atoms with Crippen molar-refractivity contribution in [2.24, 2.45) is 0 Å². The zero-order chi connectivity index (χ0) is 28.5. The van der Waals surface area contributed by atoms with E-state index >= 15 is 0 Å². The van der Waals surface area contributed by atoms with Crippen LogP contribution in [0, 0.1) is 0 Å². The van der Waals surface area contributed by atoms with Gasteiger partial charge in [0.1, 0.15) is 0 Å². The van der Waals surface area contributed by atoms with Crippen LogP contribution in [0.3, 0.4) is 0 Å². The molecule has 0 radical (unpaired) electrons. The van der Waals surface area contributed by atoms with Crippen molar-refractivity contribution in [1.29, 1.82) is 0 Å². The molecule has 6 aromatic carbocycles. The molecular formula is C38H24N4O. The molecule has 0 bridgehead atoms. The zero-order valence-electron chi connectivity index (χ0n) is 23.1. The molecule has 0 aliphatic carbocycles. The van der Waals surface area contributed by atoms with E-state index in [-0.39, 0.29) is 5.56 Å². The summed E-state index contributed by atoms with van der Waals surface area (Å²) in [5.74, 6) is 0.604. The number of benzene rings is 6. The van der Waals surface area contributed by atoms with E-state index in [4.69, 9.17) is 4.98 Å². The molecule has 0 unspecified atom stereocenters. The largest absolute Gasteiger partial charge is 0.309 e. The molecule has 0 spiro atoms. The average molecular weight is 553 g/mol. The van der Waals surface area contributed by atoms with Gasteiger partial charge in [-0.1, -0.05) is 78.9 Å². The predicted octanol–water partition coefficient (Wildman–Crippen LogP) is 8.56. The van der Waals surface area contributed by atoms with Gasteiger partial charge in [-0.05, 0) is 77.9 Å². The number of aromatic nitrogens is 4. The third-order valence-electron chi connectivity index (χ3n) is 8.45. The molecule has 0 saturated heterocycles. The van der Waals surface area contributed by atoms with Crippen LogP contribution >= 0.6 is 0 Å². The molecule has 0 N–H and O–H groups in total. The minimum atomic E-state index is -0.0902. The van der Waals surface area contributed by atoms with Crippen LogP contribution in [-0.2, 0) is 0 Å². The normalized spacial score (nSPS) is 11.8. The maximum absolute atomic E-state index is 14.3. The Kier molecular flexibility index (Phi) is 4.98. The van der Waals surface area contributed by atoms with Crippen LogP contribution < -0.4 is 5.56 Å². The number of nitrogens with zero attached hydrogens (tertiary/aromatic N) is 4. The molecule has 202 valence electrons. The van der Waals surface area contributed by atoms with Crippen LogP contribution in [0.15, 0.2) is 150 Å². The van der Waals surface area contributed by atoms with Crippen LogP contribution in [0.1, 0.15) is 0 Å². The average Bonchev–Trinajstić information content (AvgIpc) is 3.61.